The number of likely N-dealkylation sites (tertiary alicyclic amines) is 1. The van der Waals surface area contributed by atoms with Crippen LogP contribution in [0.15, 0.2) is 0 Å². The molecule has 2 aliphatic rings. The van der Waals surface area contributed by atoms with E-state index < -0.39 is 0 Å². The number of nitrogens with zero attached hydrogens (tertiary/aromatic N) is 1. The molecule has 0 amide bonds. The van der Waals surface area contributed by atoms with Gasteiger partial charge < -0.3 is 19.8 Å². The van der Waals surface area contributed by atoms with Gasteiger partial charge in [0, 0.05) is 25.6 Å². The molecule has 0 aliphatic carbocycles. The maximum Gasteiger partial charge on any atom is 0.0667 e. The summed E-state index contributed by atoms with van der Waals surface area (Å²) in [6, 6.07) is 0. The lowest BCUT2D eigenvalue weighted by atomic mass is 9.97. The van der Waals surface area contributed by atoms with Crippen molar-refractivity contribution >= 4 is 0 Å². The van der Waals surface area contributed by atoms with Gasteiger partial charge in [0.2, 0.25) is 0 Å². The topological polar surface area (TPSA) is 52.9 Å². The van der Waals surface area contributed by atoms with E-state index >= 15 is 0 Å². The van der Waals surface area contributed by atoms with Gasteiger partial charge in [-0.05, 0) is 25.8 Å². The number of aliphatic hydroxyl groups is 2. The molecule has 15 heavy (non-hydrogen) atoms. The second-order valence-electron chi connectivity index (χ2n) is 4.75. The summed E-state index contributed by atoms with van der Waals surface area (Å²) < 4.78 is 5.37. The van der Waals surface area contributed by atoms with Crippen molar-refractivity contribution in [1.82, 2.24) is 4.90 Å². The van der Waals surface area contributed by atoms with Gasteiger partial charge in [-0.15, -0.1) is 0 Å². The minimum Gasteiger partial charge on any atom is -0.393 e. The van der Waals surface area contributed by atoms with Crippen LogP contribution in [0, 0.1) is 5.92 Å². The lowest BCUT2D eigenvalue weighted by Crippen LogP contribution is -2.45. The molecule has 2 aliphatic heterocycles. The third kappa shape index (κ3) is 3.14. The van der Waals surface area contributed by atoms with Gasteiger partial charge in [-0.1, -0.05) is 0 Å². The average molecular weight is 215 g/mol. The van der Waals surface area contributed by atoms with Crippen LogP contribution in [0.1, 0.15) is 19.3 Å². The quantitative estimate of drug-likeness (QED) is 0.672. The first-order chi connectivity index (χ1) is 7.25. The Hall–Kier alpha value is -0.160. The Balaban J connectivity index is 1.79. The van der Waals surface area contributed by atoms with Gasteiger partial charge in [0.15, 0.2) is 0 Å². The molecule has 2 N–H and O–H groups in total. The minimum atomic E-state index is -0.224. The predicted molar refractivity (Wildman–Crippen MR) is 56.6 cm³/mol. The van der Waals surface area contributed by atoms with E-state index in [0.29, 0.717) is 13.2 Å². The molecule has 3 atom stereocenters. The number of piperidine rings is 1. The zero-order valence-corrected chi connectivity index (χ0v) is 9.14. The van der Waals surface area contributed by atoms with Gasteiger partial charge in [0.25, 0.3) is 0 Å². The van der Waals surface area contributed by atoms with Crippen molar-refractivity contribution < 1.29 is 14.9 Å². The molecule has 0 radical (unpaired) electrons. The Bertz CT molecular complexity index is 200. The van der Waals surface area contributed by atoms with E-state index in [-0.39, 0.29) is 18.1 Å². The second-order valence-corrected chi connectivity index (χ2v) is 4.75. The van der Waals surface area contributed by atoms with Crippen LogP contribution >= 0.6 is 0 Å². The fourth-order valence-corrected chi connectivity index (χ4v) is 2.49. The van der Waals surface area contributed by atoms with Crippen LogP contribution < -0.4 is 0 Å². The number of hydrogen-bond acceptors (Lipinski definition) is 4. The van der Waals surface area contributed by atoms with E-state index in [2.05, 4.69) is 4.90 Å². The highest BCUT2D eigenvalue weighted by Gasteiger charge is 2.27. The zero-order chi connectivity index (χ0) is 10.7. The van der Waals surface area contributed by atoms with Gasteiger partial charge in [-0.3, -0.25) is 0 Å². The number of β-amino-alcohol motifs (C(OH)–C–C–N with tert-alkyl or cyclic N) is 1. The molecule has 0 spiro atoms. The molecule has 88 valence electrons. The number of ether oxygens (including phenoxy) is 1. The molecule has 0 bridgehead atoms. The summed E-state index contributed by atoms with van der Waals surface area (Å²) in [5, 5.41) is 19.3. The molecular weight excluding hydrogens is 194 g/mol. The fourth-order valence-electron chi connectivity index (χ4n) is 2.49. The largest absolute Gasteiger partial charge is 0.393 e. The molecule has 2 rings (SSSR count). The van der Waals surface area contributed by atoms with Crippen molar-refractivity contribution in [3.63, 3.8) is 0 Å². The maximum atomic E-state index is 9.80. The third-order valence-corrected chi connectivity index (χ3v) is 3.41. The summed E-state index contributed by atoms with van der Waals surface area (Å²) in [6.45, 7) is 4.00. The monoisotopic (exact) mass is 215 g/mol. The van der Waals surface area contributed by atoms with E-state index in [1.165, 1.54) is 0 Å². The number of aliphatic hydroxyl groups excluding tert-OH is 2. The Morgan fingerprint density at radius 2 is 2.13 bits per heavy atom. The van der Waals surface area contributed by atoms with E-state index in [1.807, 2.05) is 0 Å². The number of rotatable bonds is 2. The van der Waals surface area contributed by atoms with Crippen molar-refractivity contribution in [2.45, 2.75) is 31.5 Å². The molecule has 2 heterocycles. The lowest BCUT2D eigenvalue weighted by Gasteiger charge is -2.36. The zero-order valence-electron chi connectivity index (χ0n) is 9.14. The van der Waals surface area contributed by atoms with E-state index in [9.17, 15) is 10.2 Å². The molecule has 4 heteroatoms. The molecule has 4 nitrogen and oxygen atoms in total. The summed E-state index contributed by atoms with van der Waals surface area (Å²) >= 11 is 0. The molecule has 0 aromatic heterocycles. The summed E-state index contributed by atoms with van der Waals surface area (Å²) in [6.07, 6.45) is 2.32. The lowest BCUT2D eigenvalue weighted by molar-refractivity contribution is -0.0536. The first-order valence-corrected chi connectivity index (χ1v) is 5.92. The van der Waals surface area contributed by atoms with Gasteiger partial charge in [0.05, 0.1) is 18.8 Å². The minimum absolute atomic E-state index is 0.180. The van der Waals surface area contributed by atoms with Crippen molar-refractivity contribution in [2.75, 3.05) is 32.8 Å². The highest BCUT2D eigenvalue weighted by molar-refractivity contribution is 4.79. The molecule has 3 unspecified atom stereocenters. The van der Waals surface area contributed by atoms with E-state index in [1.54, 1.807) is 0 Å². The fraction of sp³-hybridized carbons (Fsp3) is 1.00. The molecular formula is C11H21NO3. The van der Waals surface area contributed by atoms with Gasteiger partial charge in [-0.2, -0.15) is 0 Å². The Morgan fingerprint density at radius 1 is 1.27 bits per heavy atom. The Morgan fingerprint density at radius 3 is 2.87 bits per heavy atom. The van der Waals surface area contributed by atoms with Crippen LogP contribution in [0.25, 0.3) is 0 Å². The predicted octanol–water partition coefficient (Wildman–Crippen LogP) is -0.160. The first-order valence-electron chi connectivity index (χ1n) is 5.92. The summed E-state index contributed by atoms with van der Waals surface area (Å²) in [5.41, 5.74) is 0. The third-order valence-electron chi connectivity index (χ3n) is 3.41. The van der Waals surface area contributed by atoms with Crippen LogP contribution in [0.5, 0.6) is 0 Å². The Kier molecular flexibility index (Phi) is 3.97. The smallest absolute Gasteiger partial charge is 0.0667 e. The van der Waals surface area contributed by atoms with Gasteiger partial charge in [0.1, 0.15) is 0 Å². The highest BCUT2D eigenvalue weighted by atomic mass is 16.5. The van der Waals surface area contributed by atoms with E-state index in [0.717, 1.165) is 38.9 Å². The summed E-state index contributed by atoms with van der Waals surface area (Å²) in [5.74, 6) is 0.226. The van der Waals surface area contributed by atoms with E-state index in [4.69, 9.17) is 4.74 Å². The normalized spacial score (nSPS) is 39.2. The van der Waals surface area contributed by atoms with Crippen LogP contribution in [0.3, 0.4) is 0 Å². The highest BCUT2D eigenvalue weighted by Crippen LogP contribution is 2.18. The SMILES string of the molecule is OC1CCCN(CC2COCCC2O)C1. The van der Waals surface area contributed by atoms with Crippen molar-refractivity contribution in [1.29, 1.82) is 0 Å². The molecule has 2 saturated heterocycles. The Labute approximate surface area is 90.8 Å². The molecule has 0 aromatic rings. The maximum absolute atomic E-state index is 9.80. The second kappa shape index (κ2) is 5.25. The molecule has 0 saturated carbocycles. The van der Waals surface area contributed by atoms with Crippen molar-refractivity contribution in [2.24, 2.45) is 5.92 Å². The first kappa shape index (κ1) is 11.3. The summed E-state index contributed by atoms with van der Waals surface area (Å²) in [7, 11) is 0. The van der Waals surface area contributed by atoms with Crippen molar-refractivity contribution in [3.05, 3.63) is 0 Å². The van der Waals surface area contributed by atoms with Crippen molar-refractivity contribution in [3.8, 4) is 0 Å². The molecule has 2 fully saturated rings. The average Bonchev–Trinajstić information content (AvgIpc) is 2.22. The summed E-state index contributed by atoms with van der Waals surface area (Å²) in [4.78, 5) is 2.25. The van der Waals surface area contributed by atoms with Crippen LogP contribution in [-0.2, 0) is 4.74 Å². The van der Waals surface area contributed by atoms with Crippen LogP contribution in [0.4, 0.5) is 0 Å². The van der Waals surface area contributed by atoms with Crippen LogP contribution in [-0.4, -0.2) is 60.2 Å². The van der Waals surface area contributed by atoms with Gasteiger partial charge >= 0.3 is 0 Å². The van der Waals surface area contributed by atoms with Gasteiger partial charge in [-0.25, -0.2) is 0 Å². The van der Waals surface area contributed by atoms with Crippen LogP contribution in [0.2, 0.25) is 0 Å². The number of hydrogen-bond donors (Lipinski definition) is 2. The standard InChI is InChI=1S/C11H21NO3/c13-10-2-1-4-12(7-10)6-9-8-15-5-3-11(9)14/h9-11,13-14H,1-8H2. The molecule has 0 aromatic carbocycles.